The zero-order chi connectivity index (χ0) is 17.2. The van der Waals surface area contributed by atoms with E-state index in [1.807, 2.05) is 0 Å². The number of hydrogen-bond acceptors (Lipinski definition) is 3. The first kappa shape index (κ1) is 17.8. The van der Waals surface area contributed by atoms with Crippen LogP contribution in [0.3, 0.4) is 0 Å². The van der Waals surface area contributed by atoms with Crippen LogP contribution in [0.25, 0.3) is 0 Å². The van der Waals surface area contributed by atoms with Gasteiger partial charge < -0.3 is 15.4 Å². The molecule has 0 aliphatic carbocycles. The Morgan fingerprint density at radius 2 is 2.00 bits per heavy atom. The number of amides is 2. The summed E-state index contributed by atoms with van der Waals surface area (Å²) in [6, 6.07) is 4.21. The number of esters is 1. The lowest BCUT2D eigenvalue weighted by molar-refractivity contribution is -0.139. The van der Waals surface area contributed by atoms with Crippen LogP contribution in [0.2, 0.25) is 0 Å². The van der Waals surface area contributed by atoms with Crippen molar-refractivity contribution in [3.05, 3.63) is 46.9 Å². The van der Waals surface area contributed by atoms with Crippen LogP contribution in [0.1, 0.15) is 18.5 Å². The molecule has 1 aromatic carbocycles. The third-order valence-corrected chi connectivity index (χ3v) is 3.40. The van der Waals surface area contributed by atoms with Gasteiger partial charge in [0, 0.05) is 11.3 Å². The zero-order valence-electron chi connectivity index (χ0n) is 11.8. The molecule has 0 saturated heterocycles. The molecule has 1 aliphatic heterocycles. The van der Waals surface area contributed by atoms with E-state index in [1.165, 1.54) is 25.1 Å². The predicted octanol–water partition coefficient (Wildman–Crippen LogP) is 3.37. The number of allylic oxidation sites excluding steroid dienone is 1. The van der Waals surface area contributed by atoms with Gasteiger partial charge in [-0.25, -0.2) is 14.0 Å². The molecule has 1 heterocycles. The number of nitrogens with one attached hydrogen (secondary N) is 2. The summed E-state index contributed by atoms with van der Waals surface area (Å²) in [6.45, 7) is 1.02. The van der Waals surface area contributed by atoms with E-state index in [9.17, 15) is 14.0 Å². The average Bonchev–Trinajstić information content (AvgIpc) is 2.43. The van der Waals surface area contributed by atoms with Crippen LogP contribution < -0.4 is 10.6 Å². The lowest BCUT2D eigenvalue weighted by Crippen LogP contribution is -2.45. The van der Waals surface area contributed by atoms with Crippen molar-refractivity contribution in [2.75, 3.05) is 6.61 Å². The summed E-state index contributed by atoms with van der Waals surface area (Å²) in [4.78, 5) is 23.9. The van der Waals surface area contributed by atoms with Gasteiger partial charge in [0.05, 0.1) is 11.6 Å². The molecule has 1 aromatic rings. The molecule has 1 atom stereocenters. The molecule has 0 bridgehead atoms. The van der Waals surface area contributed by atoms with Crippen LogP contribution in [0.5, 0.6) is 0 Å². The molecule has 0 saturated carbocycles. The summed E-state index contributed by atoms with van der Waals surface area (Å²) in [5, 5.41) is 4.92. The zero-order valence-corrected chi connectivity index (χ0v) is 14.1. The van der Waals surface area contributed by atoms with E-state index in [4.69, 9.17) is 39.5 Å². The van der Waals surface area contributed by atoms with Crippen molar-refractivity contribution >= 4 is 46.8 Å². The van der Waals surface area contributed by atoms with E-state index < -0.39 is 34.3 Å². The van der Waals surface area contributed by atoms with Crippen molar-refractivity contribution in [2.24, 2.45) is 0 Å². The standard InChI is InChI=1S/C14H12Cl3FN2O3/c1-7-10(12(21)23-6-14(15,16)17)11(20-13(22)19-7)8-4-2-3-5-9(8)18/h2-5,11H,6H2,1H3,(H2,19,20,22)/t11-/m0/s1. The van der Waals surface area contributed by atoms with Gasteiger partial charge in [0.25, 0.3) is 0 Å². The number of hydrogen-bond donors (Lipinski definition) is 2. The minimum absolute atomic E-state index is 0.0314. The van der Waals surface area contributed by atoms with Gasteiger partial charge in [-0.15, -0.1) is 0 Å². The summed E-state index contributed by atoms with van der Waals surface area (Å²) >= 11 is 16.6. The average molecular weight is 382 g/mol. The number of benzene rings is 1. The second-order valence-corrected chi connectivity index (χ2v) is 7.30. The molecule has 2 rings (SSSR count). The smallest absolute Gasteiger partial charge is 0.338 e. The first-order valence-electron chi connectivity index (χ1n) is 6.45. The first-order chi connectivity index (χ1) is 10.7. The van der Waals surface area contributed by atoms with Crippen molar-refractivity contribution in [2.45, 2.75) is 16.8 Å². The molecule has 0 spiro atoms. The third-order valence-electron chi connectivity index (χ3n) is 3.07. The summed E-state index contributed by atoms with van der Waals surface area (Å²) in [6.07, 6.45) is 0. The van der Waals surface area contributed by atoms with Crippen LogP contribution in [-0.2, 0) is 9.53 Å². The highest BCUT2D eigenvalue weighted by molar-refractivity contribution is 6.67. The Balaban J connectivity index is 2.36. The highest BCUT2D eigenvalue weighted by Crippen LogP contribution is 2.31. The van der Waals surface area contributed by atoms with Gasteiger partial charge in [-0.1, -0.05) is 53.0 Å². The summed E-state index contributed by atoms with van der Waals surface area (Å²) in [7, 11) is 0. The van der Waals surface area contributed by atoms with Gasteiger partial charge in [0.15, 0.2) is 0 Å². The highest BCUT2D eigenvalue weighted by Gasteiger charge is 2.34. The number of alkyl halides is 3. The topological polar surface area (TPSA) is 67.4 Å². The molecule has 0 unspecified atom stereocenters. The maximum atomic E-state index is 14.0. The molecule has 1 aliphatic rings. The quantitative estimate of drug-likeness (QED) is 0.623. The molecule has 2 amide bonds. The lowest BCUT2D eigenvalue weighted by atomic mass is 9.95. The van der Waals surface area contributed by atoms with E-state index in [0.717, 1.165) is 0 Å². The van der Waals surface area contributed by atoms with Crippen molar-refractivity contribution in [1.82, 2.24) is 10.6 Å². The minimum Gasteiger partial charge on any atom is -0.458 e. The van der Waals surface area contributed by atoms with E-state index in [2.05, 4.69) is 10.6 Å². The van der Waals surface area contributed by atoms with Crippen molar-refractivity contribution in [1.29, 1.82) is 0 Å². The van der Waals surface area contributed by atoms with E-state index in [1.54, 1.807) is 6.07 Å². The molecule has 124 valence electrons. The molecular weight excluding hydrogens is 370 g/mol. The molecule has 0 fully saturated rings. The first-order valence-corrected chi connectivity index (χ1v) is 7.59. The maximum Gasteiger partial charge on any atom is 0.338 e. The van der Waals surface area contributed by atoms with Gasteiger partial charge in [-0.2, -0.15) is 0 Å². The van der Waals surface area contributed by atoms with Gasteiger partial charge in [0.2, 0.25) is 3.79 Å². The fraction of sp³-hybridized carbons (Fsp3) is 0.286. The molecule has 23 heavy (non-hydrogen) atoms. The van der Waals surface area contributed by atoms with Crippen molar-refractivity contribution in [3.63, 3.8) is 0 Å². The monoisotopic (exact) mass is 380 g/mol. The maximum absolute atomic E-state index is 14.0. The van der Waals surface area contributed by atoms with Crippen LogP contribution in [0, 0.1) is 5.82 Å². The van der Waals surface area contributed by atoms with Crippen LogP contribution in [0.4, 0.5) is 9.18 Å². The third kappa shape index (κ3) is 4.50. The number of rotatable bonds is 3. The fourth-order valence-corrected chi connectivity index (χ4v) is 2.30. The molecule has 0 aromatic heterocycles. The Bertz CT molecular complexity index is 673. The largest absolute Gasteiger partial charge is 0.458 e. The summed E-state index contributed by atoms with van der Waals surface area (Å²) in [5.74, 6) is -1.39. The van der Waals surface area contributed by atoms with Crippen LogP contribution in [0.15, 0.2) is 35.5 Å². The molecule has 0 radical (unpaired) electrons. The van der Waals surface area contributed by atoms with E-state index in [-0.39, 0.29) is 16.8 Å². The van der Waals surface area contributed by atoms with Gasteiger partial charge in [-0.05, 0) is 13.0 Å². The Hall–Kier alpha value is -1.50. The number of carbonyl (C=O) groups is 2. The fourth-order valence-electron chi connectivity index (χ4n) is 2.13. The van der Waals surface area contributed by atoms with Crippen LogP contribution in [-0.4, -0.2) is 22.4 Å². The van der Waals surface area contributed by atoms with Gasteiger partial charge in [-0.3, -0.25) is 0 Å². The SMILES string of the molecule is CC1=C(C(=O)OCC(Cl)(Cl)Cl)[C@H](c2ccccc2F)NC(=O)N1. The molecular formula is C14H12Cl3FN2O3. The lowest BCUT2D eigenvalue weighted by Gasteiger charge is -2.28. The Kier molecular flexibility index (Phi) is 5.39. The second kappa shape index (κ2) is 6.95. The minimum atomic E-state index is -1.77. The predicted molar refractivity (Wildman–Crippen MR) is 84.8 cm³/mol. The van der Waals surface area contributed by atoms with E-state index >= 15 is 0 Å². The van der Waals surface area contributed by atoms with Gasteiger partial charge >= 0.3 is 12.0 Å². The van der Waals surface area contributed by atoms with Gasteiger partial charge in [0.1, 0.15) is 12.4 Å². The Morgan fingerprint density at radius 1 is 1.35 bits per heavy atom. The second-order valence-electron chi connectivity index (χ2n) is 4.78. The van der Waals surface area contributed by atoms with Crippen molar-refractivity contribution in [3.8, 4) is 0 Å². The Labute approximate surface area is 146 Å². The summed E-state index contributed by atoms with van der Waals surface area (Å²) < 4.78 is 17.2. The number of urea groups is 1. The van der Waals surface area contributed by atoms with Crippen molar-refractivity contribution < 1.29 is 18.7 Å². The normalized spacial score (nSPS) is 18.3. The highest BCUT2D eigenvalue weighted by atomic mass is 35.6. The molecule has 9 heteroatoms. The number of carbonyl (C=O) groups excluding carboxylic acids is 2. The number of halogens is 4. The van der Waals surface area contributed by atoms with E-state index in [0.29, 0.717) is 0 Å². The number of ether oxygens (including phenoxy) is 1. The van der Waals surface area contributed by atoms with Crippen LogP contribution >= 0.6 is 34.8 Å². The Morgan fingerprint density at radius 3 is 2.61 bits per heavy atom. The molecule has 5 nitrogen and oxygen atoms in total. The molecule has 2 N–H and O–H groups in total. The summed E-state index contributed by atoms with van der Waals surface area (Å²) in [5.41, 5.74) is 0.391.